The minimum absolute atomic E-state index is 0.120. The van der Waals surface area contributed by atoms with E-state index >= 15 is 0 Å². The van der Waals surface area contributed by atoms with Gasteiger partial charge in [-0.25, -0.2) is 4.98 Å². The number of carbonyl (C=O) groups is 1. The van der Waals surface area contributed by atoms with Gasteiger partial charge in [-0.15, -0.1) is 0 Å². The zero-order valence-electron chi connectivity index (χ0n) is 20.0. The Labute approximate surface area is 205 Å². The first-order valence-corrected chi connectivity index (χ1v) is 12.9. The van der Waals surface area contributed by atoms with Crippen LogP contribution in [0.15, 0.2) is 53.6 Å². The number of nitrogens with one attached hydrogen (secondary N) is 1. The average Bonchev–Trinajstić information content (AvgIpc) is 2.94. The molecule has 9 nitrogen and oxygen atoms in total. The molecule has 2 aromatic carbocycles. The van der Waals surface area contributed by atoms with Gasteiger partial charge in [0.2, 0.25) is 5.95 Å². The first-order valence-electron chi connectivity index (χ1n) is 11.5. The molecule has 2 N–H and O–H groups in total. The molecule has 1 aliphatic heterocycles. The quantitative estimate of drug-likeness (QED) is 0.480. The Balaban J connectivity index is 1.64. The first-order chi connectivity index (χ1) is 16.7. The normalized spacial score (nSPS) is 14.0. The molecule has 0 spiro atoms. The SMILES string of the molecule is CCNc1ncc2c(n1)N(C)CCN(c1ccccc1CCc1cc(S(=O)(=O)O)ccc1C)C2=O. The molecule has 4 rings (SSSR count). The molecule has 10 heteroatoms. The van der Waals surface area contributed by atoms with Crippen LogP contribution in [0.3, 0.4) is 0 Å². The molecule has 35 heavy (non-hydrogen) atoms. The van der Waals surface area contributed by atoms with Crippen LogP contribution in [0.4, 0.5) is 17.5 Å². The molecule has 1 aromatic heterocycles. The molecule has 0 unspecified atom stereocenters. The van der Waals surface area contributed by atoms with E-state index in [-0.39, 0.29) is 10.8 Å². The summed E-state index contributed by atoms with van der Waals surface area (Å²) in [5.41, 5.74) is 3.97. The lowest BCUT2D eigenvalue weighted by atomic mass is 9.99. The maximum Gasteiger partial charge on any atom is 0.294 e. The number of likely N-dealkylation sites (N-methyl/N-ethyl adjacent to an activating group) is 1. The van der Waals surface area contributed by atoms with Crippen molar-refractivity contribution in [2.75, 3.05) is 41.8 Å². The summed E-state index contributed by atoms with van der Waals surface area (Å²) in [5.74, 6) is 0.922. The van der Waals surface area contributed by atoms with Crippen LogP contribution >= 0.6 is 0 Å². The second-order valence-electron chi connectivity index (χ2n) is 8.53. The molecule has 184 valence electrons. The number of hydrogen-bond donors (Lipinski definition) is 2. The summed E-state index contributed by atoms with van der Waals surface area (Å²) in [5, 5.41) is 3.09. The number of hydrogen-bond acceptors (Lipinski definition) is 7. The van der Waals surface area contributed by atoms with Crippen molar-refractivity contribution in [3.63, 3.8) is 0 Å². The number of benzene rings is 2. The van der Waals surface area contributed by atoms with Crippen LogP contribution in [0.5, 0.6) is 0 Å². The predicted molar refractivity (Wildman–Crippen MR) is 136 cm³/mol. The van der Waals surface area contributed by atoms with E-state index in [0.29, 0.717) is 49.8 Å². The number of aryl methyl sites for hydroxylation is 3. The molecule has 0 bridgehead atoms. The molecular formula is C25H29N5O4S. The largest absolute Gasteiger partial charge is 0.357 e. The van der Waals surface area contributed by atoms with Crippen LogP contribution in [0, 0.1) is 6.92 Å². The van der Waals surface area contributed by atoms with E-state index in [9.17, 15) is 17.8 Å². The summed E-state index contributed by atoms with van der Waals surface area (Å²) in [4.78, 5) is 26.0. The number of aromatic nitrogens is 2. The maximum atomic E-state index is 13.6. The number of fused-ring (bicyclic) bond motifs is 1. The van der Waals surface area contributed by atoms with E-state index in [0.717, 1.165) is 22.4 Å². The van der Waals surface area contributed by atoms with Crippen LogP contribution in [-0.2, 0) is 23.0 Å². The van der Waals surface area contributed by atoms with Gasteiger partial charge in [0, 0.05) is 38.6 Å². The van der Waals surface area contributed by atoms with Crippen LogP contribution in [-0.4, -0.2) is 55.5 Å². The van der Waals surface area contributed by atoms with Crippen molar-refractivity contribution in [2.45, 2.75) is 31.6 Å². The minimum atomic E-state index is -4.28. The fourth-order valence-corrected chi connectivity index (χ4v) is 4.75. The lowest BCUT2D eigenvalue weighted by molar-refractivity contribution is 0.0989. The standard InChI is InChI=1S/C25H29N5O4S/c1-4-26-25-27-16-21-23(28-25)29(3)13-14-30(24(21)31)22-8-6-5-7-18(22)10-11-19-15-20(35(32,33)34)12-9-17(19)2/h5-9,12,15-16H,4,10-11,13-14H2,1-3H3,(H,26,27,28)(H,32,33,34). The smallest absolute Gasteiger partial charge is 0.294 e. The second kappa shape index (κ2) is 10.0. The zero-order chi connectivity index (χ0) is 25.2. The lowest BCUT2D eigenvalue weighted by Crippen LogP contribution is -2.34. The van der Waals surface area contributed by atoms with Crippen molar-refractivity contribution < 1.29 is 17.8 Å². The van der Waals surface area contributed by atoms with Gasteiger partial charge in [0.15, 0.2) is 0 Å². The van der Waals surface area contributed by atoms with Crippen LogP contribution in [0.25, 0.3) is 0 Å². The van der Waals surface area contributed by atoms with E-state index in [1.54, 1.807) is 17.2 Å². The van der Waals surface area contributed by atoms with E-state index in [1.807, 2.05) is 50.1 Å². The second-order valence-corrected chi connectivity index (χ2v) is 9.95. The van der Waals surface area contributed by atoms with Gasteiger partial charge in [-0.1, -0.05) is 24.3 Å². The third-order valence-corrected chi connectivity index (χ3v) is 7.01. The molecule has 0 atom stereocenters. The van der Waals surface area contributed by atoms with Crippen molar-refractivity contribution in [2.24, 2.45) is 0 Å². The van der Waals surface area contributed by atoms with Crippen molar-refractivity contribution >= 4 is 33.5 Å². The maximum absolute atomic E-state index is 13.6. The monoisotopic (exact) mass is 495 g/mol. The number of para-hydroxylation sites is 1. The molecule has 0 saturated heterocycles. The topological polar surface area (TPSA) is 116 Å². The van der Waals surface area contributed by atoms with Gasteiger partial charge >= 0.3 is 0 Å². The average molecular weight is 496 g/mol. The van der Waals surface area contributed by atoms with Gasteiger partial charge in [0.1, 0.15) is 11.4 Å². The molecule has 0 aliphatic carbocycles. The highest BCUT2D eigenvalue weighted by Crippen LogP contribution is 2.29. The van der Waals surface area contributed by atoms with Gasteiger partial charge in [0.05, 0.1) is 4.90 Å². The molecule has 0 saturated carbocycles. The van der Waals surface area contributed by atoms with E-state index < -0.39 is 10.1 Å². The van der Waals surface area contributed by atoms with Crippen LogP contribution < -0.4 is 15.1 Å². The van der Waals surface area contributed by atoms with Crippen molar-refractivity contribution in [1.29, 1.82) is 0 Å². The highest BCUT2D eigenvalue weighted by atomic mass is 32.2. The number of nitrogens with zero attached hydrogens (tertiary/aromatic N) is 4. The molecule has 0 radical (unpaired) electrons. The molecule has 1 amide bonds. The minimum Gasteiger partial charge on any atom is -0.357 e. The molecular weight excluding hydrogens is 466 g/mol. The van der Waals surface area contributed by atoms with Gasteiger partial charge < -0.3 is 15.1 Å². The Hall–Kier alpha value is -3.50. The van der Waals surface area contributed by atoms with E-state index in [1.165, 1.54) is 12.1 Å². The third kappa shape index (κ3) is 5.28. The zero-order valence-corrected chi connectivity index (χ0v) is 20.8. The van der Waals surface area contributed by atoms with E-state index in [4.69, 9.17) is 0 Å². The summed E-state index contributed by atoms with van der Waals surface area (Å²) in [6.07, 6.45) is 2.72. The van der Waals surface area contributed by atoms with Crippen molar-refractivity contribution in [1.82, 2.24) is 9.97 Å². The Morgan fingerprint density at radius 2 is 1.83 bits per heavy atom. The van der Waals surface area contributed by atoms with Crippen LogP contribution in [0.2, 0.25) is 0 Å². The fourth-order valence-electron chi connectivity index (χ4n) is 4.22. The van der Waals surface area contributed by atoms with Crippen molar-refractivity contribution in [3.8, 4) is 0 Å². The van der Waals surface area contributed by atoms with Gasteiger partial charge in [-0.2, -0.15) is 13.4 Å². The van der Waals surface area contributed by atoms with Gasteiger partial charge in [-0.05, 0) is 61.6 Å². The predicted octanol–water partition coefficient (Wildman–Crippen LogP) is 3.35. The molecule has 0 fully saturated rings. The number of rotatable bonds is 7. The first kappa shape index (κ1) is 24.6. The Bertz CT molecular complexity index is 1360. The van der Waals surface area contributed by atoms with E-state index in [2.05, 4.69) is 15.3 Å². The van der Waals surface area contributed by atoms with Gasteiger partial charge in [-0.3, -0.25) is 9.35 Å². The Morgan fingerprint density at radius 3 is 2.57 bits per heavy atom. The lowest BCUT2D eigenvalue weighted by Gasteiger charge is -2.24. The Kier molecular flexibility index (Phi) is 7.04. The molecule has 3 aromatic rings. The summed E-state index contributed by atoms with van der Waals surface area (Å²) in [6, 6.07) is 12.3. The summed E-state index contributed by atoms with van der Waals surface area (Å²) in [7, 11) is -2.36. The number of anilines is 3. The molecule has 2 heterocycles. The third-order valence-electron chi connectivity index (χ3n) is 6.16. The highest BCUT2D eigenvalue weighted by Gasteiger charge is 2.29. The summed E-state index contributed by atoms with van der Waals surface area (Å²) >= 11 is 0. The number of amides is 1. The fraction of sp³-hybridized carbons (Fsp3) is 0.320. The van der Waals surface area contributed by atoms with Crippen molar-refractivity contribution in [3.05, 3.63) is 70.9 Å². The van der Waals surface area contributed by atoms with Gasteiger partial charge in [0.25, 0.3) is 16.0 Å². The summed E-state index contributed by atoms with van der Waals surface area (Å²) < 4.78 is 32.6. The Morgan fingerprint density at radius 1 is 1.09 bits per heavy atom. The molecule has 1 aliphatic rings. The summed E-state index contributed by atoms with van der Waals surface area (Å²) in [6.45, 7) is 5.63. The highest BCUT2D eigenvalue weighted by molar-refractivity contribution is 7.85. The number of carbonyl (C=O) groups excluding carboxylic acids is 1. The van der Waals surface area contributed by atoms with Crippen LogP contribution in [0.1, 0.15) is 34.0 Å².